The minimum Gasteiger partial charge on any atom is -0.469 e. The Hall–Kier alpha value is -1.45. The number of rotatable bonds is 19. The average Bonchev–Trinajstić information content (AvgIpc) is 2.66. The highest BCUT2D eigenvalue weighted by molar-refractivity contribution is 6.05. The van der Waals surface area contributed by atoms with Gasteiger partial charge in [0.05, 0.1) is 7.11 Å². The fraction of sp³-hybridized carbons (Fsp3) is 0.783. The molecule has 0 atom stereocenters. The number of hydrogen-bond acceptors (Lipinski definition) is 4. The zero-order chi connectivity index (χ0) is 20.2. The first-order valence-electron chi connectivity index (χ1n) is 10.9. The molecular weight excluding hydrogens is 340 g/mol. The lowest BCUT2D eigenvalue weighted by Crippen LogP contribution is -2.07. The Morgan fingerprint density at radius 2 is 1.04 bits per heavy atom. The summed E-state index contributed by atoms with van der Waals surface area (Å²) in [6.45, 7) is 2.26. The fourth-order valence-electron chi connectivity index (χ4n) is 3.04. The maximum Gasteiger partial charge on any atom is 0.313 e. The number of esters is 1. The van der Waals surface area contributed by atoms with E-state index in [-0.39, 0.29) is 12.2 Å². The van der Waals surface area contributed by atoms with Crippen LogP contribution in [-0.4, -0.2) is 24.6 Å². The summed E-state index contributed by atoms with van der Waals surface area (Å²) >= 11 is 0. The normalized spacial score (nSPS) is 11.0. The molecule has 0 unspecified atom stereocenters. The molecule has 27 heavy (non-hydrogen) atoms. The molecule has 0 aliphatic rings. The SMILES string of the molecule is CCCCCCCCCCCCCCCCC(=O)/C=C\C(=O)CC(=O)OC. The van der Waals surface area contributed by atoms with Crippen LogP contribution in [0.15, 0.2) is 12.2 Å². The number of allylic oxidation sites excluding steroid dienone is 2. The van der Waals surface area contributed by atoms with Crippen LogP contribution in [0.5, 0.6) is 0 Å². The monoisotopic (exact) mass is 380 g/mol. The molecular formula is C23H40O4. The lowest BCUT2D eigenvalue weighted by molar-refractivity contribution is -0.142. The zero-order valence-electron chi connectivity index (χ0n) is 17.6. The van der Waals surface area contributed by atoms with Gasteiger partial charge in [0.1, 0.15) is 6.42 Å². The van der Waals surface area contributed by atoms with Gasteiger partial charge >= 0.3 is 5.97 Å². The van der Waals surface area contributed by atoms with Gasteiger partial charge in [0, 0.05) is 6.42 Å². The number of carbonyl (C=O) groups is 3. The van der Waals surface area contributed by atoms with Gasteiger partial charge in [0.15, 0.2) is 11.6 Å². The maximum atomic E-state index is 11.7. The first-order valence-corrected chi connectivity index (χ1v) is 10.9. The molecule has 0 radical (unpaired) electrons. The van der Waals surface area contributed by atoms with Gasteiger partial charge in [-0.3, -0.25) is 14.4 Å². The smallest absolute Gasteiger partial charge is 0.313 e. The van der Waals surface area contributed by atoms with E-state index in [9.17, 15) is 14.4 Å². The number of hydrogen-bond donors (Lipinski definition) is 0. The maximum absolute atomic E-state index is 11.7. The van der Waals surface area contributed by atoms with Crippen LogP contribution in [0.3, 0.4) is 0 Å². The molecule has 0 amide bonds. The Bertz CT molecular complexity index is 426. The highest BCUT2D eigenvalue weighted by Crippen LogP contribution is 2.13. The van der Waals surface area contributed by atoms with Crippen LogP contribution in [0.2, 0.25) is 0 Å². The fourth-order valence-corrected chi connectivity index (χ4v) is 3.04. The third-order valence-corrected chi connectivity index (χ3v) is 4.78. The van der Waals surface area contributed by atoms with E-state index in [0.717, 1.165) is 12.8 Å². The van der Waals surface area contributed by atoms with Crippen molar-refractivity contribution in [2.75, 3.05) is 7.11 Å². The van der Waals surface area contributed by atoms with Crippen molar-refractivity contribution in [2.24, 2.45) is 0 Å². The van der Waals surface area contributed by atoms with Crippen molar-refractivity contribution < 1.29 is 19.1 Å². The van der Waals surface area contributed by atoms with Crippen molar-refractivity contribution in [1.82, 2.24) is 0 Å². The molecule has 0 saturated carbocycles. The molecule has 0 aliphatic heterocycles. The molecule has 0 saturated heterocycles. The van der Waals surface area contributed by atoms with Gasteiger partial charge < -0.3 is 4.74 Å². The molecule has 4 nitrogen and oxygen atoms in total. The molecule has 156 valence electrons. The largest absolute Gasteiger partial charge is 0.469 e. The second-order valence-electron chi connectivity index (χ2n) is 7.37. The van der Waals surface area contributed by atoms with Crippen LogP contribution in [-0.2, 0) is 19.1 Å². The summed E-state index contributed by atoms with van der Waals surface area (Å²) in [6.07, 6.45) is 20.7. The van der Waals surface area contributed by atoms with E-state index in [4.69, 9.17) is 0 Å². The van der Waals surface area contributed by atoms with Gasteiger partial charge in [-0.2, -0.15) is 0 Å². The minimum atomic E-state index is -0.580. The van der Waals surface area contributed by atoms with Crippen molar-refractivity contribution in [3.8, 4) is 0 Å². The number of carbonyl (C=O) groups excluding carboxylic acids is 3. The van der Waals surface area contributed by atoms with Crippen LogP contribution in [0.1, 0.15) is 110 Å². The van der Waals surface area contributed by atoms with E-state index >= 15 is 0 Å². The Morgan fingerprint density at radius 1 is 0.630 bits per heavy atom. The Morgan fingerprint density at radius 3 is 1.48 bits per heavy atom. The zero-order valence-corrected chi connectivity index (χ0v) is 17.6. The molecule has 0 aromatic carbocycles. The van der Waals surface area contributed by atoms with Gasteiger partial charge in [-0.15, -0.1) is 0 Å². The summed E-state index contributed by atoms with van der Waals surface area (Å²) in [5.74, 6) is -1.02. The van der Waals surface area contributed by atoms with E-state index in [1.807, 2.05) is 0 Å². The standard InChI is InChI=1S/C23H40O4/c1-3-4-5-6-7-8-9-10-11-12-13-14-15-16-17-21(24)18-19-22(25)20-23(26)27-2/h18-19H,3-17,20H2,1-2H3/b19-18-. The summed E-state index contributed by atoms with van der Waals surface area (Å²) < 4.78 is 4.41. The first-order chi connectivity index (χ1) is 13.1. The lowest BCUT2D eigenvalue weighted by atomic mass is 10.0. The van der Waals surface area contributed by atoms with Gasteiger partial charge in [0.2, 0.25) is 0 Å². The molecule has 0 aromatic heterocycles. The molecule has 4 heteroatoms. The number of methoxy groups -OCH3 is 1. The number of ketones is 2. The summed E-state index contributed by atoms with van der Waals surface area (Å²) in [5.41, 5.74) is 0. The Labute approximate surface area is 166 Å². The third kappa shape index (κ3) is 19.1. The van der Waals surface area contributed by atoms with Crippen molar-refractivity contribution in [1.29, 1.82) is 0 Å². The van der Waals surface area contributed by atoms with Crippen LogP contribution < -0.4 is 0 Å². The van der Waals surface area contributed by atoms with Gasteiger partial charge in [-0.05, 0) is 18.6 Å². The molecule has 0 spiro atoms. The van der Waals surface area contributed by atoms with Crippen molar-refractivity contribution in [3.63, 3.8) is 0 Å². The molecule has 0 rings (SSSR count). The van der Waals surface area contributed by atoms with Crippen LogP contribution >= 0.6 is 0 Å². The molecule has 0 bridgehead atoms. The second-order valence-corrected chi connectivity index (χ2v) is 7.37. The number of unbranched alkanes of at least 4 members (excludes halogenated alkanes) is 13. The van der Waals surface area contributed by atoms with Crippen LogP contribution in [0, 0.1) is 0 Å². The predicted octanol–water partition coefficient (Wildman–Crippen LogP) is 6.12. The third-order valence-electron chi connectivity index (χ3n) is 4.78. The Balaban J connectivity index is 3.37. The van der Waals surface area contributed by atoms with E-state index in [2.05, 4.69) is 11.7 Å². The van der Waals surface area contributed by atoms with Crippen molar-refractivity contribution in [2.45, 2.75) is 110 Å². The highest BCUT2D eigenvalue weighted by atomic mass is 16.5. The van der Waals surface area contributed by atoms with E-state index < -0.39 is 11.8 Å². The van der Waals surface area contributed by atoms with Crippen LogP contribution in [0.25, 0.3) is 0 Å². The van der Waals surface area contributed by atoms with Crippen molar-refractivity contribution in [3.05, 3.63) is 12.2 Å². The van der Waals surface area contributed by atoms with Gasteiger partial charge in [0.25, 0.3) is 0 Å². The second kappa shape index (κ2) is 19.3. The van der Waals surface area contributed by atoms with E-state index in [1.165, 1.54) is 96.3 Å². The molecule has 0 aliphatic carbocycles. The lowest BCUT2D eigenvalue weighted by Gasteiger charge is -2.03. The quantitative estimate of drug-likeness (QED) is 0.117. The summed E-state index contributed by atoms with van der Waals surface area (Å²) in [5, 5.41) is 0. The molecule has 0 aromatic rings. The van der Waals surface area contributed by atoms with Crippen LogP contribution in [0.4, 0.5) is 0 Å². The molecule has 0 heterocycles. The summed E-state index contributed by atoms with van der Waals surface area (Å²) in [6, 6.07) is 0. The van der Waals surface area contributed by atoms with E-state index in [1.54, 1.807) is 0 Å². The Kier molecular flexibility index (Phi) is 18.3. The van der Waals surface area contributed by atoms with E-state index in [0.29, 0.717) is 6.42 Å². The summed E-state index contributed by atoms with van der Waals surface area (Å²) in [4.78, 5) is 34.0. The molecule has 0 N–H and O–H groups in total. The van der Waals surface area contributed by atoms with Gasteiger partial charge in [-0.1, -0.05) is 90.4 Å². The molecule has 0 fully saturated rings. The topological polar surface area (TPSA) is 60.4 Å². The predicted molar refractivity (Wildman–Crippen MR) is 111 cm³/mol. The average molecular weight is 381 g/mol. The van der Waals surface area contributed by atoms with Crippen molar-refractivity contribution >= 4 is 17.5 Å². The first kappa shape index (κ1) is 25.6. The number of ether oxygens (including phenoxy) is 1. The summed E-state index contributed by atoms with van der Waals surface area (Å²) in [7, 11) is 1.24. The minimum absolute atomic E-state index is 0.0489. The highest BCUT2D eigenvalue weighted by Gasteiger charge is 2.06. The van der Waals surface area contributed by atoms with Gasteiger partial charge in [-0.25, -0.2) is 0 Å².